The van der Waals surface area contributed by atoms with Crippen molar-refractivity contribution in [2.24, 2.45) is 0 Å². The van der Waals surface area contributed by atoms with Crippen molar-refractivity contribution in [2.75, 3.05) is 0 Å². The maximum atomic E-state index is 12.2. The van der Waals surface area contributed by atoms with Crippen molar-refractivity contribution < 1.29 is 9.72 Å². The number of nitrogens with one attached hydrogen (secondary N) is 1. The van der Waals surface area contributed by atoms with Crippen molar-refractivity contribution in [3.63, 3.8) is 0 Å². The van der Waals surface area contributed by atoms with Crippen molar-refractivity contribution in [2.45, 2.75) is 6.54 Å². The average Bonchev–Trinajstić information content (AvgIpc) is 3.09. The molecule has 0 atom stereocenters. The van der Waals surface area contributed by atoms with Crippen molar-refractivity contribution in [1.29, 1.82) is 0 Å². The Balaban J connectivity index is 1.71. The van der Waals surface area contributed by atoms with E-state index in [0.717, 1.165) is 17.3 Å². The van der Waals surface area contributed by atoms with E-state index in [-0.39, 0.29) is 22.8 Å². The molecule has 0 fully saturated rings. The van der Waals surface area contributed by atoms with Crippen LogP contribution < -0.4 is 5.32 Å². The Labute approximate surface area is 148 Å². The normalized spacial score (nSPS) is 10.4. The summed E-state index contributed by atoms with van der Waals surface area (Å²) >= 11 is 5.75. The number of nitro groups is 1. The number of hydrogen-bond donors (Lipinski definition) is 1. The minimum absolute atomic E-state index is 0.0372. The smallest absolute Gasteiger partial charge is 0.283 e. The maximum absolute atomic E-state index is 12.2. The minimum Gasteiger partial charge on any atom is -0.348 e. The summed E-state index contributed by atoms with van der Waals surface area (Å²) in [7, 11) is 0. The molecule has 1 N–H and O–H groups in total. The van der Waals surface area contributed by atoms with E-state index in [0.29, 0.717) is 0 Å². The molecule has 3 aromatic rings. The van der Waals surface area contributed by atoms with Gasteiger partial charge in [-0.2, -0.15) is 5.10 Å². The van der Waals surface area contributed by atoms with Gasteiger partial charge in [-0.3, -0.25) is 14.9 Å². The Morgan fingerprint density at radius 2 is 2.00 bits per heavy atom. The lowest BCUT2D eigenvalue weighted by molar-refractivity contribution is -0.385. The lowest BCUT2D eigenvalue weighted by Crippen LogP contribution is -2.23. The van der Waals surface area contributed by atoms with Crippen LogP contribution in [0.25, 0.3) is 5.69 Å². The zero-order chi connectivity index (χ0) is 17.8. The van der Waals surface area contributed by atoms with Crippen LogP contribution in [0, 0.1) is 10.1 Å². The van der Waals surface area contributed by atoms with E-state index in [1.165, 1.54) is 12.1 Å². The molecule has 2 aromatic carbocycles. The zero-order valence-corrected chi connectivity index (χ0v) is 13.7. The Bertz CT molecular complexity index is 925. The first-order valence-corrected chi connectivity index (χ1v) is 7.73. The fourth-order valence-corrected chi connectivity index (χ4v) is 2.47. The molecule has 7 nitrogen and oxygen atoms in total. The van der Waals surface area contributed by atoms with Crippen LogP contribution in [0.15, 0.2) is 60.9 Å². The summed E-state index contributed by atoms with van der Waals surface area (Å²) in [5, 5.41) is 18.2. The molecule has 0 aliphatic heterocycles. The van der Waals surface area contributed by atoms with Gasteiger partial charge in [0, 0.05) is 29.4 Å². The van der Waals surface area contributed by atoms with E-state index >= 15 is 0 Å². The van der Waals surface area contributed by atoms with Crippen LogP contribution in [0.4, 0.5) is 5.69 Å². The summed E-state index contributed by atoms with van der Waals surface area (Å²) in [5.74, 6) is -0.546. The Kier molecular flexibility index (Phi) is 4.76. The number of para-hydroxylation sites is 1. The highest BCUT2D eigenvalue weighted by Gasteiger charge is 2.20. The highest BCUT2D eigenvalue weighted by atomic mass is 35.5. The van der Waals surface area contributed by atoms with Gasteiger partial charge in [0.05, 0.1) is 16.8 Å². The summed E-state index contributed by atoms with van der Waals surface area (Å²) in [4.78, 5) is 22.7. The van der Waals surface area contributed by atoms with Crippen LogP contribution in [-0.4, -0.2) is 20.6 Å². The molecule has 126 valence electrons. The average molecular weight is 357 g/mol. The lowest BCUT2D eigenvalue weighted by Gasteiger charge is -2.05. The van der Waals surface area contributed by atoms with Gasteiger partial charge < -0.3 is 5.32 Å². The van der Waals surface area contributed by atoms with E-state index in [1.54, 1.807) is 17.1 Å². The molecule has 0 saturated heterocycles. The van der Waals surface area contributed by atoms with Crippen LogP contribution in [0.2, 0.25) is 5.02 Å². The van der Waals surface area contributed by atoms with Crippen LogP contribution in [-0.2, 0) is 6.54 Å². The molecule has 1 heterocycles. The third-order valence-corrected chi connectivity index (χ3v) is 3.75. The van der Waals surface area contributed by atoms with Crippen LogP contribution in [0.1, 0.15) is 15.9 Å². The largest absolute Gasteiger partial charge is 0.348 e. The Morgan fingerprint density at radius 3 is 2.72 bits per heavy atom. The third kappa shape index (κ3) is 3.84. The second-order valence-corrected chi connectivity index (χ2v) is 5.67. The first-order valence-electron chi connectivity index (χ1n) is 7.36. The predicted octanol–water partition coefficient (Wildman–Crippen LogP) is 3.36. The summed E-state index contributed by atoms with van der Waals surface area (Å²) in [6.07, 6.45) is 3.41. The Hall–Kier alpha value is -3.19. The molecule has 1 aromatic heterocycles. The lowest BCUT2D eigenvalue weighted by atomic mass is 10.1. The third-order valence-electron chi connectivity index (χ3n) is 3.51. The Morgan fingerprint density at radius 1 is 1.24 bits per heavy atom. The molecule has 3 rings (SSSR count). The quantitative estimate of drug-likeness (QED) is 0.560. The number of benzene rings is 2. The number of nitro benzene ring substituents is 1. The second-order valence-electron chi connectivity index (χ2n) is 5.23. The van der Waals surface area contributed by atoms with Gasteiger partial charge in [-0.15, -0.1) is 0 Å². The fraction of sp³-hybridized carbons (Fsp3) is 0.0588. The molecule has 0 aliphatic rings. The fourth-order valence-electron chi connectivity index (χ4n) is 2.30. The minimum atomic E-state index is -0.631. The van der Waals surface area contributed by atoms with Crippen molar-refractivity contribution in [3.8, 4) is 5.69 Å². The van der Waals surface area contributed by atoms with Gasteiger partial charge in [-0.25, -0.2) is 4.68 Å². The van der Waals surface area contributed by atoms with Crippen LogP contribution in [0.3, 0.4) is 0 Å². The van der Waals surface area contributed by atoms with Gasteiger partial charge in [0.2, 0.25) is 0 Å². The van der Waals surface area contributed by atoms with Crippen molar-refractivity contribution in [1.82, 2.24) is 15.1 Å². The van der Waals surface area contributed by atoms with Gasteiger partial charge >= 0.3 is 0 Å². The first kappa shape index (κ1) is 16.7. The number of rotatable bonds is 5. The highest BCUT2D eigenvalue weighted by Crippen LogP contribution is 2.23. The molecule has 0 radical (unpaired) electrons. The van der Waals surface area contributed by atoms with Gasteiger partial charge in [-0.1, -0.05) is 29.8 Å². The van der Waals surface area contributed by atoms with E-state index in [9.17, 15) is 14.9 Å². The van der Waals surface area contributed by atoms with Crippen LogP contribution in [0.5, 0.6) is 0 Å². The first-order chi connectivity index (χ1) is 12.0. The number of halogens is 1. The van der Waals surface area contributed by atoms with Gasteiger partial charge in [0.15, 0.2) is 0 Å². The molecule has 0 aliphatic carbocycles. The molecule has 0 spiro atoms. The molecule has 8 heteroatoms. The maximum Gasteiger partial charge on any atom is 0.283 e. The molecular formula is C17H13ClN4O3. The summed E-state index contributed by atoms with van der Waals surface area (Å²) in [6.45, 7) is 0.200. The predicted molar refractivity (Wildman–Crippen MR) is 92.8 cm³/mol. The number of amides is 1. The number of carbonyl (C=O) groups is 1. The molecule has 0 saturated carbocycles. The van der Waals surface area contributed by atoms with E-state index in [1.807, 2.05) is 30.3 Å². The molecule has 1 amide bonds. The number of nitrogens with zero attached hydrogens (tertiary/aromatic N) is 3. The van der Waals surface area contributed by atoms with Gasteiger partial charge in [0.1, 0.15) is 5.56 Å². The second kappa shape index (κ2) is 7.14. The summed E-state index contributed by atoms with van der Waals surface area (Å²) in [6, 6.07) is 13.5. The summed E-state index contributed by atoms with van der Waals surface area (Å²) < 4.78 is 1.69. The van der Waals surface area contributed by atoms with E-state index < -0.39 is 10.8 Å². The SMILES string of the molecule is O=C(NCc1cnn(-c2ccccc2)c1)c1ccc(Cl)cc1[N+](=O)[O-]. The topological polar surface area (TPSA) is 90.1 Å². The highest BCUT2D eigenvalue weighted by molar-refractivity contribution is 6.31. The van der Waals surface area contributed by atoms with E-state index in [4.69, 9.17) is 11.6 Å². The molecule has 0 bridgehead atoms. The van der Waals surface area contributed by atoms with Crippen molar-refractivity contribution >= 4 is 23.2 Å². The number of carbonyl (C=O) groups excluding carboxylic acids is 1. The molecular weight excluding hydrogens is 344 g/mol. The van der Waals surface area contributed by atoms with Crippen LogP contribution >= 0.6 is 11.6 Å². The van der Waals surface area contributed by atoms with Gasteiger partial charge in [-0.05, 0) is 24.3 Å². The standard InChI is InChI=1S/C17H13ClN4O3/c18-13-6-7-15(16(8-13)22(24)25)17(23)19-9-12-10-20-21(11-12)14-4-2-1-3-5-14/h1-8,10-11H,9H2,(H,19,23). The van der Waals surface area contributed by atoms with Gasteiger partial charge in [0.25, 0.3) is 11.6 Å². The molecule has 0 unspecified atom stereocenters. The number of aromatic nitrogens is 2. The van der Waals surface area contributed by atoms with E-state index in [2.05, 4.69) is 10.4 Å². The zero-order valence-electron chi connectivity index (χ0n) is 12.9. The monoisotopic (exact) mass is 356 g/mol. The number of hydrogen-bond acceptors (Lipinski definition) is 4. The summed E-state index contributed by atoms with van der Waals surface area (Å²) in [5.41, 5.74) is 1.30. The van der Waals surface area contributed by atoms with Crippen molar-refractivity contribution in [3.05, 3.63) is 87.2 Å². The molecule has 25 heavy (non-hydrogen) atoms.